The van der Waals surface area contributed by atoms with Gasteiger partial charge in [0, 0.05) is 0 Å². The molecule has 1 amide bonds. The van der Waals surface area contributed by atoms with E-state index in [0.29, 0.717) is 23.6 Å². The number of hydrogen-bond donors (Lipinski definition) is 2. The summed E-state index contributed by atoms with van der Waals surface area (Å²) in [6.45, 7) is 0. The number of carboxylic acids is 1. The van der Waals surface area contributed by atoms with Gasteiger partial charge in [0.2, 0.25) is 5.91 Å². The highest BCUT2D eigenvalue weighted by Crippen LogP contribution is 2.35. The first-order chi connectivity index (χ1) is 8.09. The van der Waals surface area contributed by atoms with Crippen LogP contribution in [-0.2, 0) is 9.59 Å². The SMILES string of the molecule is O=C(O)C1CCC1C(=O)Nc1ccccc1Cl. The maximum Gasteiger partial charge on any atom is 0.307 e. The second-order valence-electron chi connectivity index (χ2n) is 4.10. The number of carbonyl (C=O) groups excluding carboxylic acids is 1. The van der Waals surface area contributed by atoms with Gasteiger partial charge in [0.05, 0.1) is 22.5 Å². The molecule has 0 spiro atoms. The molecule has 1 aliphatic rings. The molecule has 1 fully saturated rings. The van der Waals surface area contributed by atoms with Crippen LogP contribution in [0.5, 0.6) is 0 Å². The van der Waals surface area contributed by atoms with E-state index in [-0.39, 0.29) is 5.91 Å². The van der Waals surface area contributed by atoms with Crippen LogP contribution in [0.3, 0.4) is 0 Å². The number of halogens is 1. The molecule has 4 nitrogen and oxygen atoms in total. The summed E-state index contributed by atoms with van der Waals surface area (Å²) in [6, 6.07) is 6.89. The van der Waals surface area contributed by atoms with Gasteiger partial charge in [0.25, 0.3) is 0 Å². The second kappa shape index (κ2) is 4.75. The van der Waals surface area contributed by atoms with Crippen molar-refractivity contribution in [2.24, 2.45) is 11.8 Å². The number of carbonyl (C=O) groups is 2. The number of carboxylic acid groups (broad SMARTS) is 1. The van der Waals surface area contributed by atoms with E-state index in [1.807, 2.05) is 0 Å². The van der Waals surface area contributed by atoms with Gasteiger partial charge < -0.3 is 10.4 Å². The minimum Gasteiger partial charge on any atom is -0.481 e. The van der Waals surface area contributed by atoms with Gasteiger partial charge in [-0.3, -0.25) is 9.59 Å². The third-order valence-electron chi connectivity index (χ3n) is 3.06. The van der Waals surface area contributed by atoms with E-state index in [2.05, 4.69) is 5.32 Å². The van der Waals surface area contributed by atoms with E-state index in [1.165, 1.54) is 0 Å². The summed E-state index contributed by atoms with van der Waals surface area (Å²) in [7, 11) is 0. The minimum absolute atomic E-state index is 0.267. The van der Waals surface area contributed by atoms with E-state index in [0.717, 1.165) is 0 Å². The highest BCUT2D eigenvalue weighted by Gasteiger charge is 2.41. The minimum atomic E-state index is -0.907. The van der Waals surface area contributed by atoms with Gasteiger partial charge in [-0.1, -0.05) is 23.7 Å². The molecule has 0 aromatic heterocycles. The Balaban J connectivity index is 2.03. The maximum absolute atomic E-state index is 11.8. The molecule has 0 heterocycles. The molecule has 0 bridgehead atoms. The summed E-state index contributed by atoms with van der Waals surface area (Å²) in [4.78, 5) is 22.6. The van der Waals surface area contributed by atoms with E-state index in [9.17, 15) is 9.59 Å². The summed E-state index contributed by atoms with van der Waals surface area (Å²) in [5.74, 6) is -2.17. The molecule has 1 saturated carbocycles. The number of benzene rings is 1. The molecule has 90 valence electrons. The van der Waals surface area contributed by atoms with Crippen LogP contribution < -0.4 is 5.32 Å². The number of hydrogen-bond acceptors (Lipinski definition) is 2. The lowest BCUT2D eigenvalue weighted by Gasteiger charge is -2.31. The van der Waals surface area contributed by atoms with Gasteiger partial charge in [0.1, 0.15) is 0 Å². The maximum atomic E-state index is 11.8. The lowest BCUT2D eigenvalue weighted by atomic mass is 9.73. The topological polar surface area (TPSA) is 66.4 Å². The first-order valence-electron chi connectivity index (χ1n) is 5.38. The first-order valence-corrected chi connectivity index (χ1v) is 5.75. The van der Waals surface area contributed by atoms with Crippen LogP contribution in [0.2, 0.25) is 5.02 Å². The molecule has 2 N–H and O–H groups in total. The summed E-state index contributed by atoms with van der Waals surface area (Å²) in [6.07, 6.45) is 1.18. The zero-order chi connectivity index (χ0) is 12.4. The second-order valence-corrected chi connectivity index (χ2v) is 4.50. The van der Waals surface area contributed by atoms with Crippen molar-refractivity contribution >= 4 is 29.2 Å². The van der Waals surface area contributed by atoms with Crippen LogP contribution in [-0.4, -0.2) is 17.0 Å². The van der Waals surface area contributed by atoms with Crippen LogP contribution in [0, 0.1) is 11.8 Å². The first kappa shape index (κ1) is 11.9. The largest absolute Gasteiger partial charge is 0.481 e. The van der Waals surface area contributed by atoms with Gasteiger partial charge in [-0.2, -0.15) is 0 Å². The van der Waals surface area contributed by atoms with Gasteiger partial charge in [-0.15, -0.1) is 0 Å². The fourth-order valence-corrected chi connectivity index (χ4v) is 2.08. The molecule has 17 heavy (non-hydrogen) atoms. The molecule has 2 rings (SSSR count). The molecule has 0 aliphatic heterocycles. The van der Waals surface area contributed by atoms with Gasteiger partial charge in [0.15, 0.2) is 0 Å². The fraction of sp³-hybridized carbons (Fsp3) is 0.333. The zero-order valence-corrected chi connectivity index (χ0v) is 9.78. The van der Waals surface area contributed by atoms with E-state index >= 15 is 0 Å². The van der Waals surface area contributed by atoms with Crippen LogP contribution in [0.1, 0.15) is 12.8 Å². The molecule has 2 unspecified atom stereocenters. The normalized spacial score (nSPS) is 22.6. The molecule has 1 aromatic rings. The number of amides is 1. The monoisotopic (exact) mass is 253 g/mol. The van der Waals surface area contributed by atoms with E-state index < -0.39 is 17.8 Å². The quantitative estimate of drug-likeness (QED) is 0.869. The van der Waals surface area contributed by atoms with Crippen molar-refractivity contribution in [3.63, 3.8) is 0 Å². The third kappa shape index (κ3) is 2.42. The molecule has 1 aromatic carbocycles. The Morgan fingerprint density at radius 1 is 1.24 bits per heavy atom. The Morgan fingerprint density at radius 3 is 2.41 bits per heavy atom. The molecule has 2 atom stereocenters. The van der Waals surface area contributed by atoms with E-state index in [4.69, 9.17) is 16.7 Å². The standard InChI is InChI=1S/C12H12ClNO3/c13-9-3-1-2-4-10(9)14-11(15)7-5-6-8(7)12(16)17/h1-4,7-8H,5-6H2,(H,14,15)(H,16,17). The van der Waals surface area contributed by atoms with Gasteiger partial charge in [-0.05, 0) is 25.0 Å². The van der Waals surface area contributed by atoms with Crippen molar-refractivity contribution in [2.45, 2.75) is 12.8 Å². The van der Waals surface area contributed by atoms with Crippen molar-refractivity contribution < 1.29 is 14.7 Å². The Labute approximate surface area is 104 Å². The summed E-state index contributed by atoms with van der Waals surface area (Å²) >= 11 is 5.90. The highest BCUT2D eigenvalue weighted by molar-refractivity contribution is 6.33. The van der Waals surface area contributed by atoms with Crippen LogP contribution in [0.15, 0.2) is 24.3 Å². The average molecular weight is 254 g/mol. The van der Waals surface area contributed by atoms with E-state index in [1.54, 1.807) is 24.3 Å². The predicted octanol–water partition coefficient (Wildman–Crippen LogP) is 2.39. The van der Waals surface area contributed by atoms with Crippen molar-refractivity contribution in [3.8, 4) is 0 Å². The molecule has 0 saturated heterocycles. The Morgan fingerprint density at radius 2 is 1.88 bits per heavy atom. The average Bonchev–Trinajstić information content (AvgIpc) is 2.18. The zero-order valence-electron chi connectivity index (χ0n) is 9.02. The molecule has 1 aliphatic carbocycles. The van der Waals surface area contributed by atoms with Gasteiger partial charge in [-0.25, -0.2) is 0 Å². The Kier molecular flexibility index (Phi) is 3.33. The number of rotatable bonds is 3. The molecular weight excluding hydrogens is 242 g/mol. The van der Waals surface area contributed by atoms with Crippen molar-refractivity contribution in [1.29, 1.82) is 0 Å². The molecule has 5 heteroatoms. The third-order valence-corrected chi connectivity index (χ3v) is 3.39. The number of anilines is 1. The van der Waals surface area contributed by atoms with Crippen LogP contribution >= 0.6 is 11.6 Å². The number of aliphatic carboxylic acids is 1. The number of nitrogens with one attached hydrogen (secondary N) is 1. The predicted molar refractivity (Wildman–Crippen MR) is 63.9 cm³/mol. The highest BCUT2D eigenvalue weighted by atomic mass is 35.5. The summed E-state index contributed by atoms with van der Waals surface area (Å²) in [5.41, 5.74) is 0.523. The lowest BCUT2D eigenvalue weighted by molar-refractivity contribution is -0.151. The number of para-hydroxylation sites is 1. The summed E-state index contributed by atoms with van der Waals surface area (Å²) < 4.78 is 0. The van der Waals surface area contributed by atoms with Gasteiger partial charge >= 0.3 is 5.97 Å². The lowest BCUT2D eigenvalue weighted by Crippen LogP contribution is -2.41. The molecular formula is C12H12ClNO3. The molecule has 0 radical (unpaired) electrons. The fourth-order valence-electron chi connectivity index (χ4n) is 1.90. The van der Waals surface area contributed by atoms with Crippen molar-refractivity contribution in [1.82, 2.24) is 0 Å². The van der Waals surface area contributed by atoms with Crippen molar-refractivity contribution in [2.75, 3.05) is 5.32 Å². The van der Waals surface area contributed by atoms with Crippen LogP contribution in [0.4, 0.5) is 5.69 Å². The van der Waals surface area contributed by atoms with Crippen LogP contribution in [0.25, 0.3) is 0 Å². The summed E-state index contributed by atoms with van der Waals surface area (Å²) in [5, 5.41) is 12.0. The Bertz CT molecular complexity index is 461. The Hall–Kier alpha value is -1.55. The van der Waals surface area contributed by atoms with Crippen molar-refractivity contribution in [3.05, 3.63) is 29.3 Å². The smallest absolute Gasteiger partial charge is 0.307 e.